The zero-order valence-corrected chi connectivity index (χ0v) is 13.7. The second kappa shape index (κ2) is 6.60. The van der Waals surface area contributed by atoms with Gasteiger partial charge in [-0.05, 0) is 38.9 Å². The van der Waals surface area contributed by atoms with Gasteiger partial charge in [-0.1, -0.05) is 17.7 Å². The third-order valence-corrected chi connectivity index (χ3v) is 5.98. The lowest BCUT2D eigenvalue weighted by Crippen LogP contribution is -2.46. The second-order valence-electron chi connectivity index (χ2n) is 5.53. The molecule has 0 saturated carbocycles. The van der Waals surface area contributed by atoms with Gasteiger partial charge in [0.15, 0.2) is 0 Å². The summed E-state index contributed by atoms with van der Waals surface area (Å²) in [7, 11) is -3.63. The van der Waals surface area contributed by atoms with Gasteiger partial charge in [0, 0.05) is 29.2 Å². The van der Waals surface area contributed by atoms with Gasteiger partial charge in [0.05, 0.1) is 5.75 Å². The molecule has 0 amide bonds. The molecule has 0 unspecified atom stereocenters. The number of rotatable bonds is 5. The van der Waals surface area contributed by atoms with E-state index in [9.17, 15) is 12.8 Å². The Morgan fingerprint density at radius 1 is 1.48 bits per heavy atom. The highest BCUT2D eigenvalue weighted by molar-refractivity contribution is 7.88. The van der Waals surface area contributed by atoms with Gasteiger partial charge in [0.25, 0.3) is 0 Å². The first kappa shape index (κ1) is 16.7. The first-order chi connectivity index (χ1) is 9.83. The predicted molar refractivity (Wildman–Crippen MR) is 82.3 cm³/mol. The van der Waals surface area contributed by atoms with E-state index in [4.69, 9.17) is 11.6 Å². The van der Waals surface area contributed by atoms with E-state index in [0.29, 0.717) is 6.54 Å². The van der Waals surface area contributed by atoms with E-state index in [0.717, 1.165) is 13.0 Å². The van der Waals surface area contributed by atoms with Crippen LogP contribution >= 0.6 is 11.6 Å². The molecule has 0 aliphatic carbocycles. The Morgan fingerprint density at radius 3 is 2.71 bits per heavy atom. The van der Waals surface area contributed by atoms with Crippen LogP contribution < -0.4 is 5.32 Å². The quantitative estimate of drug-likeness (QED) is 0.899. The van der Waals surface area contributed by atoms with Crippen molar-refractivity contribution in [2.45, 2.75) is 38.1 Å². The maximum Gasteiger partial charge on any atom is 0.218 e. The smallest absolute Gasteiger partial charge is 0.218 e. The van der Waals surface area contributed by atoms with Crippen molar-refractivity contribution >= 4 is 21.6 Å². The monoisotopic (exact) mass is 334 g/mol. The first-order valence-corrected chi connectivity index (χ1v) is 8.96. The van der Waals surface area contributed by atoms with Crippen molar-refractivity contribution in [3.05, 3.63) is 34.6 Å². The summed E-state index contributed by atoms with van der Waals surface area (Å²) in [5.41, 5.74) is 0.0378. The van der Waals surface area contributed by atoms with Crippen molar-refractivity contribution in [1.82, 2.24) is 9.62 Å². The van der Waals surface area contributed by atoms with E-state index < -0.39 is 21.6 Å². The lowest BCUT2D eigenvalue weighted by atomic mass is 10.2. The highest BCUT2D eigenvalue weighted by Crippen LogP contribution is 2.26. The van der Waals surface area contributed by atoms with E-state index in [1.54, 1.807) is 0 Å². The Balaban J connectivity index is 2.31. The van der Waals surface area contributed by atoms with Crippen molar-refractivity contribution in [2.75, 3.05) is 13.1 Å². The molecule has 1 aliphatic rings. The zero-order chi connectivity index (χ0) is 15.6. The van der Waals surface area contributed by atoms with Crippen molar-refractivity contribution in [1.29, 1.82) is 0 Å². The normalized spacial score (nSPS) is 19.6. The molecular formula is C14H20ClFN2O2S. The molecule has 1 atom stereocenters. The van der Waals surface area contributed by atoms with Crippen molar-refractivity contribution in [3.63, 3.8) is 0 Å². The Labute approximate surface area is 130 Å². The molecule has 1 fully saturated rings. The van der Waals surface area contributed by atoms with Gasteiger partial charge in [-0.3, -0.25) is 0 Å². The number of hydrogen-bond donors (Lipinski definition) is 1. The summed E-state index contributed by atoms with van der Waals surface area (Å²) >= 11 is 5.94. The number of nitrogens with zero attached hydrogens (tertiary/aromatic N) is 1. The molecule has 0 radical (unpaired) electrons. The lowest BCUT2D eigenvalue weighted by molar-refractivity contribution is 0.285. The highest BCUT2D eigenvalue weighted by atomic mass is 35.5. The molecule has 1 N–H and O–H groups in total. The SMILES string of the molecule is CC(C)N([C@H]1CCNC1)S(=O)(=O)Cc1c(F)cccc1Cl. The van der Waals surface area contributed by atoms with Crippen LogP contribution in [0.5, 0.6) is 0 Å². The minimum Gasteiger partial charge on any atom is -0.315 e. The fourth-order valence-electron chi connectivity index (χ4n) is 2.75. The third-order valence-electron chi connectivity index (χ3n) is 3.61. The fourth-order valence-corrected chi connectivity index (χ4v) is 5.15. The van der Waals surface area contributed by atoms with Crippen LogP contribution in [0.3, 0.4) is 0 Å². The van der Waals surface area contributed by atoms with Crippen LogP contribution in [0.1, 0.15) is 25.8 Å². The van der Waals surface area contributed by atoms with Crippen LogP contribution in [0.15, 0.2) is 18.2 Å². The summed E-state index contributed by atoms with van der Waals surface area (Å²) < 4.78 is 40.7. The molecular weight excluding hydrogens is 315 g/mol. The van der Waals surface area contributed by atoms with Crippen molar-refractivity contribution < 1.29 is 12.8 Å². The molecule has 2 rings (SSSR count). The van der Waals surface area contributed by atoms with Crippen LogP contribution in [0.25, 0.3) is 0 Å². The molecule has 21 heavy (non-hydrogen) atoms. The maximum absolute atomic E-state index is 13.8. The average molecular weight is 335 g/mol. The minimum atomic E-state index is -3.63. The predicted octanol–water partition coefficient (Wildman–Crippen LogP) is 2.38. The summed E-state index contributed by atoms with van der Waals surface area (Å²) in [6, 6.07) is 3.94. The van der Waals surface area contributed by atoms with Crippen LogP contribution in [0.4, 0.5) is 4.39 Å². The molecule has 0 bridgehead atoms. The van der Waals surface area contributed by atoms with Gasteiger partial charge >= 0.3 is 0 Å². The van der Waals surface area contributed by atoms with E-state index >= 15 is 0 Å². The van der Waals surface area contributed by atoms with E-state index in [-0.39, 0.29) is 22.7 Å². The molecule has 118 valence electrons. The van der Waals surface area contributed by atoms with Crippen LogP contribution in [0, 0.1) is 5.82 Å². The number of nitrogens with one attached hydrogen (secondary N) is 1. The third kappa shape index (κ3) is 3.74. The van der Waals surface area contributed by atoms with Crippen molar-refractivity contribution in [3.8, 4) is 0 Å². The average Bonchev–Trinajstić information content (AvgIpc) is 2.87. The Kier molecular flexibility index (Phi) is 5.24. The number of halogens is 2. The Hall–Kier alpha value is -0.690. The Morgan fingerprint density at radius 2 is 2.19 bits per heavy atom. The topological polar surface area (TPSA) is 49.4 Å². The molecule has 0 spiro atoms. The van der Waals surface area contributed by atoms with Gasteiger partial charge in [0.2, 0.25) is 10.0 Å². The van der Waals surface area contributed by atoms with Gasteiger partial charge in [-0.25, -0.2) is 12.8 Å². The summed E-state index contributed by atoms with van der Waals surface area (Å²) in [6.45, 7) is 5.09. The number of hydrogen-bond acceptors (Lipinski definition) is 3. The largest absolute Gasteiger partial charge is 0.315 e. The summed E-state index contributed by atoms with van der Waals surface area (Å²) in [5, 5.41) is 3.31. The summed E-state index contributed by atoms with van der Waals surface area (Å²) in [4.78, 5) is 0. The summed E-state index contributed by atoms with van der Waals surface area (Å²) in [6.07, 6.45) is 0.766. The molecule has 1 aromatic carbocycles. The number of benzene rings is 1. The zero-order valence-electron chi connectivity index (χ0n) is 12.1. The standard InChI is InChI=1S/C14H20ClFN2O2S/c1-10(2)18(11-6-7-17-8-11)21(19,20)9-12-13(15)4-3-5-14(12)16/h3-5,10-11,17H,6-9H2,1-2H3/t11-/m0/s1. The lowest BCUT2D eigenvalue weighted by Gasteiger charge is -2.31. The molecule has 1 aliphatic heterocycles. The number of sulfonamides is 1. The van der Waals surface area contributed by atoms with Gasteiger partial charge in [-0.15, -0.1) is 0 Å². The van der Waals surface area contributed by atoms with Crippen LogP contribution in [-0.2, 0) is 15.8 Å². The van der Waals surface area contributed by atoms with E-state index in [1.807, 2.05) is 13.8 Å². The van der Waals surface area contributed by atoms with Crippen LogP contribution in [-0.4, -0.2) is 37.9 Å². The Bertz CT molecular complexity index is 581. The van der Waals surface area contributed by atoms with Crippen molar-refractivity contribution in [2.24, 2.45) is 0 Å². The molecule has 7 heteroatoms. The first-order valence-electron chi connectivity index (χ1n) is 6.97. The van der Waals surface area contributed by atoms with Gasteiger partial charge in [0.1, 0.15) is 5.82 Å². The highest BCUT2D eigenvalue weighted by Gasteiger charge is 2.34. The van der Waals surface area contributed by atoms with E-state index in [1.165, 1.54) is 22.5 Å². The molecule has 1 saturated heterocycles. The fraction of sp³-hybridized carbons (Fsp3) is 0.571. The van der Waals surface area contributed by atoms with Crippen LogP contribution in [0.2, 0.25) is 5.02 Å². The molecule has 1 aromatic rings. The summed E-state index contributed by atoms with van der Waals surface area (Å²) in [5.74, 6) is -0.993. The maximum atomic E-state index is 13.8. The van der Waals surface area contributed by atoms with E-state index in [2.05, 4.69) is 5.32 Å². The second-order valence-corrected chi connectivity index (χ2v) is 7.81. The minimum absolute atomic E-state index is 0.0378. The molecule has 0 aromatic heterocycles. The molecule has 4 nitrogen and oxygen atoms in total. The van der Waals surface area contributed by atoms with Gasteiger partial charge in [-0.2, -0.15) is 4.31 Å². The molecule has 1 heterocycles. The van der Waals surface area contributed by atoms with Gasteiger partial charge < -0.3 is 5.32 Å².